The molecule has 4 nitrogen and oxygen atoms in total. The van der Waals surface area contributed by atoms with Crippen molar-refractivity contribution in [3.05, 3.63) is 0 Å². The minimum atomic E-state index is -0.627. The van der Waals surface area contributed by atoms with Crippen molar-refractivity contribution in [3.8, 4) is 0 Å². The molecule has 0 heterocycles. The maximum absolute atomic E-state index is 10.8. The summed E-state index contributed by atoms with van der Waals surface area (Å²) in [7, 11) is 0. The van der Waals surface area contributed by atoms with Gasteiger partial charge in [-0.15, -0.1) is 0 Å². The monoisotopic (exact) mass is 143 g/mol. The molecule has 0 fully saturated rings. The van der Waals surface area contributed by atoms with Crippen LogP contribution in [0.3, 0.4) is 0 Å². The summed E-state index contributed by atoms with van der Waals surface area (Å²) in [6, 6.07) is -0.627. The molecule has 0 saturated carbocycles. The van der Waals surface area contributed by atoms with Crippen molar-refractivity contribution in [2.45, 2.75) is 19.9 Å². The molecular formula is C6H13N3O. The SMILES string of the molecule is CC(C)[C@H](N)C(=O)C(=N)N. The van der Waals surface area contributed by atoms with Gasteiger partial charge in [0.05, 0.1) is 6.04 Å². The Morgan fingerprint density at radius 3 is 2.00 bits per heavy atom. The van der Waals surface area contributed by atoms with Gasteiger partial charge in [-0.3, -0.25) is 10.2 Å². The Labute approximate surface area is 60.1 Å². The molecule has 0 unspecified atom stereocenters. The standard InChI is InChI=1S/C6H13N3O/c1-3(2)4(7)5(10)6(8)9/h3-4H,7H2,1-2H3,(H3,8,9)/t4-/m0/s1. The molecule has 10 heavy (non-hydrogen) atoms. The van der Waals surface area contributed by atoms with E-state index in [4.69, 9.17) is 16.9 Å². The Hall–Kier alpha value is -0.900. The molecular weight excluding hydrogens is 130 g/mol. The average molecular weight is 143 g/mol. The van der Waals surface area contributed by atoms with Gasteiger partial charge in [0.1, 0.15) is 0 Å². The van der Waals surface area contributed by atoms with Crippen molar-refractivity contribution in [1.82, 2.24) is 0 Å². The van der Waals surface area contributed by atoms with Crippen molar-refractivity contribution in [2.24, 2.45) is 17.4 Å². The van der Waals surface area contributed by atoms with Gasteiger partial charge < -0.3 is 11.5 Å². The van der Waals surface area contributed by atoms with Crippen molar-refractivity contribution in [1.29, 1.82) is 5.41 Å². The van der Waals surface area contributed by atoms with E-state index in [1.807, 2.05) is 13.8 Å². The number of hydrogen-bond acceptors (Lipinski definition) is 3. The fourth-order valence-corrected chi connectivity index (χ4v) is 0.482. The fourth-order valence-electron chi connectivity index (χ4n) is 0.482. The van der Waals surface area contributed by atoms with Crippen LogP contribution in [0.4, 0.5) is 0 Å². The highest BCUT2D eigenvalue weighted by atomic mass is 16.1. The summed E-state index contributed by atoms with van der Waals surface area (Å²) in [5.74, 6) is -0.896. The molecule has 0 aliphatic heterocycles. The predicted octanol–water partition coefficient (Wildman–Crippen LogP) is -0.525. The quantitative estimate of drug-likeness (QED) is 0.366. The lowest BCUT2D eigenvalue weighted by molar-refractivity contribution is -0.115. The summed E-state index contributed by atoms with van der Waals surface area (Å²) in [4.78, 5) is 10.8. The maximum Gasteiger partial charge on any atom is 0.213 e. The Morgan fingerprint density at radius 2 is 1.90 bits per heavy atom. The molecule has 0 aromatic heterocycles. The number of nitrogens with one attached hydrogen (secondary N) is 1. The van der Waals surface area contributed by atoms with Crippen LogP contribution in [-0.2, 0) is 4.79 Å². The zero-order chi connectivity index (χ0) is 8.31. The van der Waals surface area contributed by atoms with Gasteiger partial charge in [-0.2, -0.15) is 0 Å². The van der Waals surface area contributed by atoms with Gasteiger partial charge in [0.15, 0.2) is 5.84 Å². The molecule has 0 aliphatic carbocycles. The molecule has 0 spiro atoms. The lowest BCUT2D eigenvalue weighted by Gasteiger charge is -2.11. The number of ketones is 1. The highest BCUT2D eigenvalue weighted by Gasteiger charge is 2.18. The third-order valence-electron chi connectivity index (χ3n) is 1.29. The fraction of sp³-hybridized carbons (Fsp3) is 0.667. The molecule has 0 aromatic rings. The lowest BCUT2D eigenvalue weighted by atomic mass is 10.0. The number of carbonyl (C=O) groups excluding carboxylic acids is 1. The van der Waals surface area contributed by atoms with Gasteiger partial charge >= 0.3 is 0 Å². The number of amidine groups is 1. The van der Waals surface area contributed by atoms with Crippen LogP contribution in [0.1, 0.15) is 13.8 Å². The second-order valence-electron chi connectivity index (χ2n) is 2.55. The van der Waals surface area contributed by atoms with Gasteiger partial charge in [-0.1, -0.05) is 13.8 Å². The van der Waals surface area contributed by atoms with Crippen LogP contribution in [0.2, 0.25) is 0 Å². The molecule has 0 bridgehead atoms. The topological polar surface area (TPSA) is 93.0 Å². The van der Waals surface area contributed by atoms with Gasteiger partial charge in [-0.05, 0) is 5.92 Å². The molecule has 1 atom stereocenters. The van der Waals surface area contributed by atoms with E-state index in [9.17, 15) is 4.79 Å². The lowest BCUT2D eigenvalue weighted by Crippen LogP contribution is -2.42. The van der Waals surface area contributed by atoms with Crippen molar-refractivity contribution in [3.63, 3.8) is 0 Å². The summed E-state index contributed by atoms with van der Waals surface area (Å²) < 4.78 is 0. The predicted molar refractivity (Wildman–Crippen MR) is 39.7 cm³/mol. The first kappa shape index (κ1) is 9.10. The van der Waals surface area contributed by atoms with Gasteiger partial charge in [-0.25, -0.2) is 0 Å². The molecule has 0 radical (unpaired) electrons. The normalized spacial score (nSPS) is 13.2. The minimum absolute atomic E-state index is 0.0383. The molecule has 0 aliphatic rings. The van der Waals surface area contributed by atoms with Gasteiger partial charge in [0.25, 0.3) is 0 Å². The number of Topliss-reactive ketones (excluding diaryl/α,β-unsaturated/α-hetero) is 1. The minimum Gasteiger partial charge on any atom is -0.381 e. The summed E-state index contributed by atoms with van der Waals surface area (Å²) in [5.41, 5.74) is 10.3. The number of hydrogen-bond donors (Lipinski definition) is 3. The number of nitrogens with two attached hydrogens (primary N) is 2. The van der Waals surface area contributed by atoms with Crippen molar-refractivity contribution in [2.75, 3.05) is 0 Å². The van der Waals surface area contributed by atoms with E-state index in [0.717, 1.165) is 0 Å². The van der Waals surface area contributed by atoms with Crippen LogP contribution < -0.4 is 11.5 Å². The molecule has 0 aromatic carbocycles. The zero-order valence-electron chi connectivity index (χ0n) is 6.22. The Kier molecular flexibility index (Phi) is 3.02. The van der Waals surface area contributed by atoms with E-state index in [1.54, 1.807) is 0 Å². The molecule has 0 amide bonds. The van der Waals surface area contributed by atoms with E-state index in [2.05, 4.69) is 0 Å². The van der Waals surface area contributed by atoms with E-state index in [-0.39, 0.29) is 5.92 Å². The Morgan fingerprint density at radius 1 is 1.50 bits per heavy atom. The molecule has 5 N–H and O–H groups in total. The summed E-state index contributed by atoms with van der Waals surface area (Å²) >= 11 is 0. The van der Waals surface area contributed by atoms with Crippen LogP contribution in [0, 0.1) is 11.3 Å². The van der Waals surface area contributed by atoms with Crippen LogP contribution >= 0.6 is 0 Å². The Balaban J connectivity index is 4.08. The number of rotatable bonds is 3. The highest BCUT2D eigenvalue weighted by molar-refractivity contribution is 6.38. The van der Waals surface area contributed by atoms with E-state index < -0.39 is 17.7 Å². The van der Waals surface area contributed by atoms with Gasteiger partial charge in [0, 0.05) is 0 Å². The molecule has 58 valence electrons. The van der Waals surface area contributed by atoms with Crippen LogP contribution in [0.5, 0.6) is 0 Å². The van der Waals surface area contributed by atoms with Gasteiger partial charge in [0.2, 0.25) is 5.78 Å². The third-order valence-corrected chi connectivity index (χ3v) is 1.29. The largest absolute Gasteiger partial charge is 0.381 e. The van der Waals surface area contributed by atoms with E-state index >= 15 is 0 Å². The van der Waals surface area contributed by atoms with Crippen molar-refractivity contribution >= 4 is 11.6 Å². The highest BCUT2D eigenvalue weighted by Crippen LogP contribution is 1.98. The number of carbonyl (C=O) groups is 1. The Bertz CT molecular complexity index is 153. The van der Waals surface area contributed by atoms with Crippen LogP contribution in [0.25, 0.3) is 0 Å². The maximum atomic E-state index is 10.8. The van der Waals surface area contributed by atoms with Crippen LogP contribution in [0.15, 0.2) is 0 Å². The van der Waals surface area contributed by atoms with Crippen molar-refractivity contribution < 1.29 is 4.79 Å². The smallest absolute Gasteiger partial charge is 0.213 e. The average Bonchev–Trinajstić information content (AvgIpc) is 1.84. The molecule has 4 heteroatoms. The second kappa shape index (κ2) is 3.31. The first-order valence-electron chi connectivity index (χ1n) is 3.10. The third kappa shape index (κ3) is 2.14. The summed E-state index contributed by atoms with van der Waals surface area (Å²) in [6.07, 6.45) is 0. The first-order valence-corrected chi connectivity index (χ1v) is 3.10. The zero-order valence-corrected chi connectivity index (χ0v) is 6.22. The molecule has 0 saturated heterocycles. The summed E-state index contributed by atoms with van der Waals surface area (Å²) in [5, 5.41) is 6.77. The first-order chi connectivity index (χ1) is 4.46. The molecule has 0 rings (SSSR count). The van der Waals surface area contributed by atoms with Crippen LogP contribution in [-0.4, -0.2) is 17.7 Å². The summed E-state index contributed by atoms with van der Waals surface area (Å²) in [6.45, 7) is 3.62. The van der Waals surface area contributed by atoms with E-state index in [0.29, 0.717) is 0 Å². The van der Waals surface area contributed by atoms with E-state index in [1.165, 1.54) is 0 Å². The second-order valence-corrected chi connectivity index (χ2v) is 2.55.